The topological polar surface area (TPSA) is 81.5 Å². The van der Waals surface area contributed by atoms with Gasteiger partial charge in [-0.25, -0.2) is 4.79 Å². The van der Waals surface area contributed by atoms with Gasteiger partial charge in [-0.05, 0) is 30.2 Å². The van der Waals surface area contributed by atoms with Crippen LogP contribution in [0.2, 0.25) is 0 Å². The van der Waals surface area contributed by atoms with Crippen molar-refractivity contribution in [2.75, 3.05) is 0 Å². The molecular formula is C20H15N3O4. The number of carbonyl (C=O) groups excluding carboxylic acids is 3. The second-order valence-electron chi connectivity index (χ2n) is 6.00. The van der Waals surface area contributed by atoms with Crippen LogP contribution in [0.4, 0.5) is 0 Å². The highest BCUT2D eigenvalue weighted by Crippen LogP contribution is 2.23. The molecule has 7 heteroatoms. The number of rotatable bonds is 5. The molecule has 0 fully saturated rings. The molecule has 0 saturated heterocycles. The molecular weight excluding hydrogens is 346 g/mol. The summed E-state index contributed by atoms with van der Waals surface area (Å²) in [7, 11) is 0. The smallest absolute Gasteiger partial charge is 0.323 e. The summed E-state index contributed by atoms with van der Waals surface area (Å²) < 4.78 is 1.49. The number of fused-ring (bicyclic) bond motifs is 1. The quantitative estimate of drug-likeness (QED) is 0.652. The van der Waals surface area contributed by atoms with Crippen molar-refractivity contribution in [3.8, 4) is 0 Å². The summed E-state index contributed by atoms with van der Waals surface area (Å²) in [4.78, 5) is 42.2. The van der Waals surface area contributed by atoms with Gasteiger partial charge < -0.3 is 4.84 Å². The van der Waals surface area contributed by atoms with E-state index < -0.39 is 17.8 Å². The van der Waals surface area contributed by atoms with Gasteiger partial charge in [-0.2, -0.15) is 5.10 Å². The summed E-state index contributed by atoms with van der Waals surface area (Å²) in [5.41, 5.74) is 1.70. The van der Waals surface area contributed by atoms with Crippen LogP contribution >= 0.6 is 0 Å². The van der Waals surface area contributed by atoms with E-state index in [0.717, 1.165) is 5.56 Å². The van der Waals surface area contributed by atoms with Crippen molar-refractivity contribution in [2.45, 2.75) is 13.0 Å². The first-order valence-corrected chi connectivity index (χ1v) is 8.41. The van der Waals surface area contributed by atoms with E-state index >= 15 is 0 Å². The molecule has 0 radical (unpaired) electrons. The standard InChI is InChI=1S/C20H15N3O4/c24-18-15-8-4-5-9-16(15)19(25)23(18)27-20(26)17-10-12-21-22(17)13-11-14-6-2-1-3-7-14/h1-10,12H,11,13H2. The van der Waals surface area contributed by atoms with Gasteiger partial charge in [0.1, 0.15) is 5.69 Å². The third kappa shape index (κ3) is 3.10. The minimum Gasteiger partial charge on any atom is -0.323 e. The van der Waals surface area contributed by atoms with Gasteiger partial charge in [-0.3, -0.25) is 14.3 Å². The fraction of sp³-hybridized carbons (Fsp3) is 0.100. The summed E-state index contributed by atoms with van der Waals surface area (Å²) >= 11 is 0. The Kier molecular flexibility index (Phi) is 4.25. The van der Waals surface area contributed by atoms with Crippen molar-refractivity contribution >= 4 is 17.8 Å². The van der Waals surface area contributed by atoms with Crippen molar-refractivity contribution in [3.63, 3.8) is 0 Å². The Labute approximate surface area is 154 Å². The van der Waals surface area contributed by atoms with E-state index in [1.807, 2.05) is 30.3 Å². The van der Waals surface area contributed by atoms with Crippen LogP contribution in [-0.4, -0.2) is 32.6 Å². The molecule has 2 amide bonds. The van der Waals surface area contributed by atoms with Gasteiger partial charge in [0.2, 0.25) is 0 Å². The summed E-state index contributed by atoms with van der Waals surface area (Å²) in [6.07, 6.45) is 2.15. The number of imide groups is 1. The Morgan fingerprint density at radius 3 is 2.19 bits per heavy atom. The van der Waals surface area contributed by atoms with Crippen LogP contribution < -0.4 is 0 Å². The van der Waals surface area contributed by atoms with Crippen molar-refractivity contribution in [1.82, 2.24) is 14.8 Å². The fourth-order valence-corrected chi connectivity index (χ4v) is 2.94. The SMILES string of the molecule is O=C(ON1C(=O)c2ccccc2C1=O)c1ccnn1CCc1ccccc1. The number of aryl methyl sites for hydroxylation is 2. The maximum Gasteiger partial charge on any atom is 0.381 e. The van der Waals surface area contributed by atoms with Crippen LogP contribution in [0.3, 0.4) is 0 Å². The molecule has 0 unspecified atom stereocenters. The highest BCUT2D eigenvalue weighted by molar-refractivity contribution is 6.21. The molecule has 0 bridgehead atoms. The molecule has 0 N–H and O–H groups in total. The Bertz CT molecular complexity index is 991. The van der Waals surface area contributed by atoms with E-state index in [0.29, 0.717) is 18.0 Å². The Morgan fingerprint density at radius 1 is 0.889 bits per heavy atom. The lowest BCUT2D eigenvalue weighted by Gasteiger charge is -2.13. The lowest BCUT2D eigenvalue weighted by Crippen LogP contribution is -2.33. The van der Waals surface area contributed by atoms with E-state index in [2.05, 4.69) is 5.10 Å². The van der Waals surface area contributed by atoms with Gasteiger partial charge in [0.05, 0.1) is 11.1 Å². The van der Waals surface area contributed by atoms with Crippen molar-refractivity contribution in [3.05, 3.63) is 89.2 Å². The van der Waals surface area contributed by atoms with Gasteiger partial charge in [0.15, 0.2) is 0 Å². The maximum absolute atomic E-state index is 12.5. The average molecular weight is 361 g/mol. The van der Waals surface area contributed by atoms with E-state index in [-0.39, 0.29) is 16.8 Å². The van der Waals surface area contributed by atoms with Crippen LogP contribution in [0.5, 0.6) is 0 Å². The number of amides is 2. The van der Waals surface area contributed by atoms with Crippen LogP contribution in [-0.2, 0) is 17.8 Å². The number of carbonyl (C=O) groups is 3. The van der Waals surface area contributed by atoms with Crippen molar-refractivity contribution < 1.29 is 19.2 Å². The molecule has 2 aromatic carbocycles. The zero-order chi connectivity index (χ0) is 18.8. The summed E-state index contributed by atoms with van der Waals surface area (Å²) in [6.45, 7) is 0.462. The molecule has 3 aromatic rings. The Balaban J connectivity index is 1.48. The zero-order valence-electron chi connectivity index (χ0n) is 14.2. The minimum absolute atomic E-state index is 0.169. The van der Waals surface area contributed by atoms with Crippen molar-refractivity contribution in [1.29, 1.82) is 0 Å². The number of aromatic nitrogens is 2. The zero-order valence-corrected chi connectivity index (χ0v) is 14.2. The third-order valence-electron chi connectivity index (χ3n) is 4.31. The van der Waals surface area contributed by atoms with Crippen molar-refractivity contribution in [2.24, 2.45) is 0 Å². The molecule has 0 spiro atoms. The van der Waals surface area contributed by atoms with Crippen LogP contribution in [0, 0.1) is 0 Å². The molecule has 134 valence electrons. The molecule has 0 saturated carbocycles. The number of hydrogen-bond acceptors (Lipinski definition) is 5. The summed E-state index contributed by atoms with van der Waals surface area (Å²) in [6, 6.07) is 17.6. The molecule has 0 aliphatic carbocycles. The number of benzene rings is 2. The van der Waals surface area contributed by atoms with E-state index in [1.54, 1.807) is 12.1 Å². The van der Waals surface area contributed by atoms with Gasteiger partial charge in [-0.1, -0.05) is 47.5 Å². The molecule has 1 aliphatic rings. The molecule has 2 heterocycles. The average Bonchev–Trinajstić information content (AvgIpc) is 3.27. The van der Waals surface area contributed by atoms with E-state index in [1.165, 1.54) is 29.1 Å². The maximum atomic E-state index is 12.5. The molecule has 1 aromatic heterocycles. The van der Waals surface area contributed by atoms with Crippen LogP contribution in [0.1, 0.15) is 36.8 Å². The molecule has 0 atom stereocenters. The minimum atomic E-state index is -0.810. The lowest BCUT2D eigenvalue weighted by molar-refractivity contribution is -0.0592. The summed E-state index contributed by atoms with van der Waals surface area (Å²) in [5, 5.41) is 4.63. The van der Waals surface area contributed by atoms with Crippen LogP contribution in [0.15, 0.2) is 66.9 Å². The van der Waals surface area contributed by atoms with Gasteiger partial charge >= 0.3 is 5.97 Å². The molecule has 1 aliphatic heterocycles. The molecule has 7 nitrogen and oxygen atoms in total. The first-order chi connectivity index (χ1) is 13.1. The number of hydroxylamine groups is 2. The second kappa shape index (κ2) is 6.87. The third-order valence-corrected chi connectivity index (χ3v) is 4.31. The highest BCUT2D eigenvalue weighted by atomic mass is 16.7. The lowest BCUT2D eigenvalue weighted by atomic mass is 10.1. The van der Waals surface area contributed by atoms with Gasteiger partial charge in [0, 0.05) is 12.7 Å². The monoisotopic (exact) mass is 361 g/mol. The first-order valence-electron chi connectivity index (χ1n) is 8.41. The Hall–Kier alpha value is -3.74. The molecule has 27 heavy (non-hydrogen) atoms. The Morgan fingerprint density at radius 2 is 1.52 bits per heavy atom. The molecule has 4 rings (SSSR count). The van der Waals surface area contributed by atoms with E-state index in [4.69, 9.17) is 4.84 Å². The van der Waals surface area contributed by atoms with Gasteiger partial charge in [-0.15, -0.1) is 0 Å². The van der Waals surface area contributed by atoms with Gasteiger partial charge in [0.25, 0.3) is 11.8 Å². The summed E-state index contributed by atoms with van der Waals surface area (Å²) in [5.74, 6) is -2.12. The van der Waals surface area contributed by atoms with Crippen LogP contribution in [0.25, 0.3) is 0 Å². The van der Waals surface area contributed by atoms with E-state index in [9.17, 15) is 14.4 Å². The number of nitrogens with zero attached hydrogens (tertiary/aromatic N) is 3. The normalized spacial score (nSPS) is 13.0. The first kappa shape index (κ1) is 16.7. The fourth-order valence-electron chi connectivity index (χ4n) is 2.94. The number of hydrogen-bond donors (Lipinski definition) is 0. The predicted molar refractivity (Wildman–Crippen MR) is 94.7 cm³/mol. The second-order valence-corrected chi connectivity index (χ2v) is 6.00. The largest absolute Gasteiger partial charge is 0.381 e. The highest BCUT2D eigenvalue weighted by Gasteiger charge is 2.39. The predicted octanol–water partition coefficient (Wildman–Crippen LogP) is 2.49.